The molecule has 0 radical (unpaired) electrons. The molecule has 0 aliphatic carbocycles. The molecule has 124 valence electrons. The van der Waals surface area contributed by atoms with Crippen LogP contribution in [0.3, 0.4) is 0 Å². The predicted molar refractivity (Wildman–Crippen MR) is 119 cm³/mol. The average Bonchev–Trinajstić information content (AvgIpc) is 3.40. The van der Waals surface area contributed by atoms with Crippen molar-refractivity contribution in [1.29, 1.82) is 0 Å². The van der Waals surface area contributed by atoms with Gasteiger partial charge in [-0.05, 0) is 24.0 Å². The molecule has 2 aliphatic rings. The molecule has 0 saturated heterocycles. The van der Waals surface area contributed by atoms with Crippen LogP contribution in [0.2, 0.25) is 0 Å². The molecule has 0 aromatic heterocycles. The summed E-state index contributed by atoms with van der Waals surface area (Å²) in [6, 6.07) is 21.2. The summed E-state index contributed by atoms with van der Waals surface area (Å²) >= 11 is 6.70. The Kier molecular flexibility index (Phi) is 20.7. The molecular weight excluding hydrogens is 883 g/mol. The number of benzene rings is 2. The van der Waals surface area contributed by atoms with Gasteiger partial charge < -0.3 is 0 Å². The van der Waals surface area contributed by atoms with Gasteiger partial charge in [0.05, 0.1) is 0 Å². The molecule has 2 unspecified atom stereocenters. The van der Waals surface area contributed by atoms with Crippen LogP contribution in [0.15, 0.2) is 60.7 Å². The quantitative estimate of drug-likeness (QED) is 0.284. The second-order valence-corrected chi connectivity index (χ2v) is 74.1. The molecule has 0 spiro atoms. The molecule has 2 atom stereocenters. The molecule has 2 aromatic carbocycles. The third-order valence-electron chi connectivity index (χ3n) is 2.87. The second-order valence-electron chi connectivity index (χ2n) is 4.50. The third kappa shape index (κ3) is 15.0. The van der Waals surface area contributed by atoms with Crippen molar-refractivity contribution in [2.24, 2.45) is 0 Å². The van der Waals surface area contributed by atoms with Gasteiger partial charge in [-0.3, -0.25) is 0 Å². The Bertz CT molecular complexity index is 604. The summed E-state index contributed by atoms with van der Waals surface area (Å²) in [5, 5.41) is 0. The Morgan fingerprint density at radius 2 is 1.04 bits per heavy atom. The van der Waals surface area contributed by atoms with E-state index in [0.29, 0.717) is 27.4 Å². The Balaban J connectivity index is 0.000000233. The SMILES string of the molecule is [C-]1=[As][As]=[As][AsH]1.[C-]1=[As][As]=[As][AsH]1.[Zr+2].c1ccc(CCc2ccccc2)cc1. The summed E-state index contributed by atoms with van der Waals surface area (Å²) in [5.41, 5.74) is 2.83. The van der Waals surface area contributed by atoms with Gasteiger partial charge in [0.25, 0.3) is 0 Å². The van der Waals surface area contributed by atoms with E-state index in [1.54, 1.807) is 0 Å². The Hall–Kier alpha value is 3.53. The summed E-state index contributed by atoms with van der Waals surface area (Å²) in [6.07, 6.45) is 2.26. The van der Waals surface area contributed by atoms with Gasteiger partial charge in [-0.1, -0.05) is 60.7 Å². The Labute approximate surface area is 212 Å². The van der Waals surface area contributed by atoms with Crippen LogP contribution in [0.1, 0.15) is 11.1 Å². The van der Waals surface area contributed by atoms with E-state index in [9.17, 15) is 0 Å². The molecule has 0 fully saturated rings. The maximum Gasteiger partial charge on any atom is 2.00 e. The minimum atomic E-state index is 0. The van der Waals surface area contributed by atoms with Crippen molar-refractivity contribution in [3.8, 4) is 0 Å². The van der Waals surface area contributed by atoms with E-state index in [0.717, 1.165) is 83.6 Å². The van der Waals surface area contributed by atoms with Crippen LogP contribution in [0.4, 0.5) is 0 Å². The van der Waals surface area contributed by atoms with Crippen LogP contribution in [0.5, 0.6) is 0 Å². The van der Waals surface area contributed by atoms with Gasteiger partial charge in [0.1, 0.15) is 0 Å². The van der Waals surface area contributed by atoms with Gasteiger partial charge in [0.2, 0.25) is 0 Å². The van der Waals surface area contributed by atoms with E-state index < -0.39 is 0 Å². The van der Waals surface area contributed by atoms with Gasteiger partial charge in [-0.25, -0.2) is 0 Å². The van der Waals surface area contributed by atoms with Crippen molar-refractivity contribution in [3.05, 3.63) is 71.8 Å². The second kappa shape index (κ2) is 19.5. The predicted octanol–water partition coefficient (Wildman–Crippen LogP) is -0.669. The van der Waals surface area contributed by atoms with Crippen LogP contribution in [0.25, 0.3) is 0 Å². The van der Waals surface area contributed by atoms with E-state index in [1.807, 2.05) is 0 Å². The van der Waals surface area contributed by atoms with Gasteiger partial charge in [0, 0.05) is 0 Å². The van der Waals surface area contributed by atoms with E-state index in [-0.39, 0.29) is 26.2 Å². The van der Waals surface area contributed by atoms with Crippen LogP contribution in [-0.4, -0.2) is 105 Å². The molecule has 0 amide bonds. The Morgan fingerprint density at radius 3 is 1.28 bits per heavy atom. The first-order valence-electron chi connectivity index (χ1n) is 7.22. The summed E-state index contributed by atoms with van der Waals surface area (Å²) in [5.74, 6) is 0. The molecule has 25 heavy (non-hydrogen) atoms. The molecule has 0 nitrogen and oxygen atoms in total. The van der Waals surface area contributed by atoms with Crippen LogP contribution >= 0.6 is 0 Å². The van der Waals surface area contributed by atoms with Gasteiger partial charge in [-0.2, -0.15) is 0 Å². The van der Waals surface area contributed by atoms with Crippen LogP contribution < -0.4 is 0 Å². The normalized spacial score (nSPS) is 18.4. The smallest absolute Gasteiger partial charge is 0.0622 e. The van der Waals surface area contributed by atoms with Crippen molar-refractivity contribution in [2.75, 3.05) is 0 Å². The zero-order valence-corrected chi connectivity index (χ0v) is 31.3. The van der Waals surface area contributed by atoms with Crippen molar-refractivity contribution in [2.45, 2.75) is 12.8 Å². The van der Waals surface area contributed by atoms with Crippen LogP contribution in [-0.2, 0) is 39.0 Å². The van der Waals surface area contributed by atoms with Gasteiger partial charge >= 0.3 is 132 Å². The molecule has 2 aromatic rings. The average molecular weight is 899 g/mol. The zero-order chi connectivity index (χ0) is 16.7. The number of hydrogen-bond donors (Lipinski definition) is 0. The van der Waals surface area contributed by atoms with E-state index in [4.69, 9.17) is 0 Å². The van der Waals surface area contributed by atoms with Crippen molar-refractivity contribution < 1.29 is 26.2 Å². The van der Waals surface area contributed by atoms with Crippen LogP contribution in [0, 0.1) is 0 Å². The maximum absolute atomic E-state index is 3.52. The molecule has 2 heterocycles. The van der Waals surface area contributed by atoms with Crippen molar-refractivity contribution in [1.82, 2.24) is 0 Å². The minimum absolute atomic E-state index is 0. The van der Waals surface area contributed by atoms with E-state index in [1.165, 1.54) is 11.1 Å². The van der Waals surface area contributed by atoms with Gasteiger partial charge in [-0.15, -0.1) is 0 Å². The largest absolute Gasteiger partial charge is 2.00 e. The topological polar surface area (TPSA) is 0 Å². The third-order valence-corrected chi connectivity index (χ3v) is 122. The first-order chi connectivity index (χ1) is 11.9. The fourth-order valence-corrected chi connectivity index (χ4v) is 165. The zero-order valence-electron chi connectivity index (χ0n) is 13.4. The molecule has 9 heteroatoms. The molecule has 4 rings (SSSR count). The first kappa shape index (κ1) is 26.6. The molecule has 2 aliphatic heterocycles. The van der Waals surface area contributed by atoms with E-state index in [2.05, 4.69) is 67.9 Å². The van der Waals surface area contributed by atoms with Gasteiger partial charge in [0.15, 0.2) is 0 Å². The van der Waals surface area contributed by atoms with Crippen molar-refractivity contribution in [3.63, 3.8) is 0 Å². The summed E-state index contributed by atoms with van der Waals surface area (Å²) < 4.78 is 7.05. The maximum atomic E-state index is 3.52. The molecule has 0 bridgehead atoms. The number of rotatable bonds is 3. The Morgan fingerprint density at radius 1 is 0.640 bits per heavy atom. The standard InChI is InChI=1S/C14H14.2CHAs4.Zr/c1-3-7-13(8-4-1)11-12-14-9-5-2-6-10-14;2*1-2-4-5-3-1;/h1-10H,11-12H2;2*2H;/q;2*-1;+2. The molecular formula is C16H16As8Zr. The minimum Gasteiger partial charge on any atom is -0.0622 e. The monoisotopic (exact) mass is 897 g/mol. The fraction of sp³-hybridized carbons (Fsp3) is 0.125. The molecule has 0 saturated carbocycles. The summed E-state index contributed by atoms with van der Waals surface area (Å²) in [4.78, 5) is 0. The first-order valence-corrected chi connectivity index (χ1v) is 43.6. The number of aryl methyl sites for hydroxylation is 2. The summed E-state index contributed by atoms with van der Waals surface area (Å²) in [7, 11) is 0. The van der Waals surface area contributed by atoms with E-state index >= 15 is 0 Å². The fourth-order valence-electron chi connectivity index (χ4n) is 1.80. The molecule has 0 N–H and O–H groups in total. The van der Waals surface area contributed by atoms with Crippen molar-refractivity contribution >= 4 is 105 Å². The summed E-state index contributed by atoms with van der Waals surface area (Å²) in [6.45, 7) is 0. The number of hydrogen-bond acceptors (Lipinski definition) is 0.